The molecule has 3 heterocycles. The van der Waals surface area contributed by atoms with Gasteiger partial charge >= 0.3 is 0 Å². The number of aromatic nitrogens is 3. The number of hydrogen-bond donors (Lipinski definition) is 1. The van der Waals surface area contributed by atoms with E-state index in [-0.39, 0.29) is 17.6 Å². The molecule has 4 rings (SSSR count). The first kappa shape index (κ1) is 20.9. The molecule has 1 amide bonds. The zero-order chi connectivity index (χ0) is 21.5. The molecule has 0 unspecified atom stereocenters. The molecular formula is C24H26FN5O. The SMILES string of the molecule is O=C(CCCc1ccc(F)cc1)N1CCC[C@H](c2cccc(Nc3cnccn3)n2)C1. The predicted molar refractivity (Wildman–Crippen MR) is 117 cm³/mol. The van der Waals surface area contributed by atoms with Crippen LogP contribution in [0.25, 0.3) is 0 Å². The summed E-state index contributed by atoms with van der Waals surface area (Å²) >= 11 is 0. The number of aryl methyl sites for hydroxylation is 1. The Balaban J connectivity index is 1.32. The monoisotopic (exact) mass is 419 g/mol. The van der Waals surface area contributed by atoms with Crippen LogP contribution in [0.2, 0.25) is 0 Å². The Labute approximate surface area is 181 Å². The number of hydrogen-bond acceptors (Lipinski definition) is 5. The smallest absolute Gasteiger partial charge is 0.222 e. The predicted octanol–water partition coefficient (Wildman–Crippen LogP) is 4.48. The van der Waals surface area contributed by atoms with Crippen molar-refractivity contribution in [2.75, 3.05) is 18.4 Å². The van der Waals surface area contributed by atoms with Crippen LogP contribution in [-0.4, -0.2) is 38.8 Å². The molecule has 6 nitrogen and oxygen atoms in total. The van der Waals surface area contributed by atoms with Crippen molar-refractivity contribution in [3.63, 3.8) is 0 Å². The molecule has 1 atom stereocenters. The van der Waals surface area contributed by atoms with Crippen LogP contribution in [-0.2, 0) is 11.2 Å². The van der Waals surface area contributed by atoms with Crippen LogP contribution < -0.4 is 5.32 Å². The Kier molecular flexibility index (Phi) is 6.82. The Morgan fingerprint density at radius 1 is 1.13 bits per heavy atom. The summed E-state index contributed by atoms with van der Waals surface area (Å²) in [6.45, 7) is 1.49. The van der Waals surface area contributed by atoms with Crippen LogP contribution in [0, 0.1) is 5.82 Å². The van der Waals surface area contributed by atoms with Crippen LogP contribution in [0.3, 0.4) is 0 Å². The van der Waals surface area contributed by atoms with E-state index in [4.69, 9.17) is 4.98 Å². The number of carbonyl (C=O) groups is 1. The molecule has 2 aromatic heterocycles. The third kappa shape index (κ3) is 5.84. The van der Waals surface area contributed by atoms with Crippen LogP contribution >= 0.6 is 0 Å². The second kappa shape index (κ2) is 10.1. The maximum Gasteiger partial charge on any atom is 0.222 e. The third-order valence-corrected chi connectivity index (χ3v) is 5.55. The minimum Gasteiger partial charge on any atom is -0.342 e. The highest BCUT2D eigenvalue weighted by Crippen LogP contribution is 2.27. The summed E-state index contributed by atoms with van der Waals surface area (Å²) in [7, 11) is 0. The van der Waals surface area contributed by atoms with Gasteiger partial charge in [-0.3, -0.25) is 9.78 Å². The highest BCUT2D eigenvalue weighted by molar-refractivity contribution is 5.76. The Bertz CT molecular complexity index is 996. The largest absolute Gasteiger partial charge is 0.342 e. The maximum absolute atomic E-state index is 13.0. The van der Waals surface area contributed by atoms with Crippen molar-refractivity contribution in [2.45, 2.75) is 38.0 Å². The minimum absolute atomic E-state index is 0.181. The zero-order valence-corrected chi connectivity index (χ0v) is 17.4. The number of pyridine rings is 1. The lowest BCUT2D eigenvalue weighted by atomic mass is 9.94. The van der Waals surface area contributed by atoms with Crippen molar-refractivity contribution < 1.29 is 9.18 Å². The first-order valence-electron chi connectivity index (χ1n) is 10.7. The van der Waals surface area contributed by atoms with Gasteiger partial charge in [-0.15, -0.1) is 0 Å². The average Bonchev–Trinajstić information content (AvgIpc) is 2.81. The van der Waals surface area contributed by atoms with Crippen molar-refractivity contribution in [1.82, 2.24) is 19.9 Å². The first-order chi connectivity index (χ1) is 15.2. The molecular weight excluding hydrogens is 393 g/mol. The zero-order valence-electron chi connectivity index (χ0n) is 17.4. The summed E-state index contributed by atoms with van der Waals surface area (Å²) < 4.78 is 13.0. The van der Waals surface area contributed by atoms with Gasteiger partial charge in [-0.25, -0.2) is 14.4 Å². The number of nitrogens with zero attached hydrogens (tertiary/aromatic N) is 4. The molecule has 0 radical (unpaired) electrons. The Morgan fingerprint density at radius 3 is 2.81 bits per heavy atom. The van der Waals surface area contributed by atoms with E-state index in [1.807, 2.05) is 23.1 Å². The summed E-state index contributed by atoms with van der Waals surface area (Å²) in [5.74, 6) is 1.54. The van der Waals surface area contributed by atoms with Crippen LogP contribution in [0.1, 0.15) is 42.9 Å². The number of likely N-dealkylation sites (tertiary alicyclic amines) is 1. The molecule has 160 valence electrons. The van der Waals surface area contributed by atoms with Gasteiger partial charge in [0.05, 0.1) is 6.20 Å². The van der Waals surface area contributed by atoms with E-state index in [1.165, 1.54) is 12.1 Å². The molecule has 0 bridgehead atoms. The fourth-order valence-corrected chi connectivity index (χ4v) is 3.94. The standard InChI is InChI=1S/C24H26FN5O/c25-20-11-9-18(10-12-20)4-1-8-24(31)30-15-3-5-19(17-30)21-6-2-7-22(28-21)29-23-16-26-13-14-27-23/h2,6-7,9-14,16,19H,1,3-5,8,15,17H2,(H,27,28,29)/t19-/m0/s1. The molecule has 0 spiro atoms. The fourth-order valence-electron chi connectivity index (χ4n) is 3.94. The van der Waals surface area contributed by atoms with E-state index in [1.54, 1.807) is 30.7 Å². The molecule has 3 aromatic rings. The number of rotatable bonds is 7. The van der Waals surface area contributed by atoms with E-state index in [2.05, 4.69) is 15.3 Å². The second-order valence-corrected chi connectivity index (χ2v) is 7.82. The number of nitrogens with one attached hydrogen (secondary N) is 1. The molecule has 1 saturated heterocycles. The van der Waals surface area contributed by atoms with Crippen molar-refractivity contribution in [3.8, 4) is 0 Å². The number of benzene rings is 1. The minimum atomic E-state index is -0.233. The highest BCUT2D eigenvalue weighted by Gasteiger charge is 2.25. The van der Waals surface area contributed by atoms with E-state index >= 15 is 0 Å². The molecule has 7 heteroatoms. The lowest BCUT2D eigenvalue weighted by Gasteiger charge is -2.32. The summed E-state index contributed by atoms with van der Waals surface area (Å²) in [4.78, 5) is 27.7. The van der Waals surface area contributed by atoms with E-state index in [9.17, 15) is 9.18 Å². The fraction of sp³-hybridized carbons (Fsp3) is 0.333. The van der Waals surface area contributed by atoms with Gasteiger partial charge in [-0.1, -0.05) is 18.2 Å². The highest BCUT2D eigenvalue weighted by atomic mass is 19.1. The van der Waals surface area contributed by atoms with Gasteiger partial charge < -0.3 is 10.2 Å². The first-order valence-corrected chi connectivity index (χ1v) is 10.7. The lowest BCUT2D eigenvalue weighted by molar-refractivity contribution is -0.132. The van der Waals surface area contributed by atoms with E-state index in [0.29, 0.717) is 18.8 Å². The van der Waals surface area contributed by atoms with Gasteiger partial charge in [0, 0.05) is 43.5 Å². The summed E-state index contributed by atoms with van der Waals surface area (Å²) in [5, 5.41) is 3.18. The summed E-state index contributed by atoms with van der Waals surface area (Å²) in [5.41, 5.74) is 2.04. The number of anilines is 2. The molecule has 1 aliphatic rings. The van der Waals surface area contributed by atoms with Gasteiger partial charge in [-0.05, 0) is 55.5 Å². The van der Waals surface area contributed by atoms with Gasteiger partial charge in [0.25, 0.3) is 0 Å². The van der Waals surface area contributed by atoms with E-state index < -0.39 is 0 Å². The van der Waals surface area contributed by atoms with E-state index in [0.717, 1.165) is 49.3 Å². The van der Waals surface area contributed by atoms with Gasteiger partial charge in [0.15, 0.2) is 0 Å². The van der Waals surface area contributed by atoms with Gasteiger partial charge in [0.2, 0.25) is 5.91 Å². The Hall–Kier alpha value is -3.35. The lowest BCUT2D eigenvalue weighted by Crippen LogP contribution is -2.39. The van der Waals surface area contributed by atoms with Crippen LogP contribution in [0.4, 0.5) is 16.0 Å². The molecule has 1 fully saturated rings. The van der Waals surface area contributed by atoms with Crippen molar-refractivity contribution in [2.24, 2.45) is 0 Å². The van der Waals surface area contributed by atoms with Crippen LogP contribution in [0.15, 0.2) is 61.1 Å². The maximum atomic E-state index is 13.0. The molecule has 1 N–H and O–H groups in total. The average molecular weight is 420 g/mol. The number of halogens is 1. The molecule has 1 aromatic carbocycles. The molecule has 1 aliphatic heterocycles. The summed E-state index contributed by atoms with van der Waals surface area (Å²) in [6, 6.07) is 12.4. The van der Waals surface area contributed by atoms with Crippen LogP contribution in [0.5, 0.6) is 0 Å². The van der Waals surface area contributed by atoms with Crippen molar-refractivity contribution >= 4 is 17.5 Å². The topological polar surface area (TPSA) is 71.0 Å². The van der Waals surface area contributed by atoms with Gasteiger partial charge in [0.1, 0.15) is 17.5 Å². The summed E-state index contributed by atoms with van der Waals surface area (Å²) in [6.07, 6.45) is 8.95. The van der Waals surface area contributed by atoms with Crippen molar-refractivity contribution in [1.29, 1.82) is 0 Å². The van der Waals surface area contributed by atoms with Gasteiger partial charge in [-0.2, -0.15) is 0 Å². The molecule has 0 aliphatic carbocycles. The number of piperidine rings is 1. The number of amides is 1. The second-order valence-electron chi connectivity index (χ2n) is 7.82. The molecule has 31 heavy (non-hydrogen) atoms. The normalized spacial score (nSPS) is 16.2. The van der Waals surface area contributed by atoms with Crippen molar-refractivity contribution in [3.05, 3.63) is 78.1 Å². The Morgan fingerprint density at radius 2 is 2.00 bits per heavy atom. The quantitative estimate of drug-likeness (QED) is 0.611. The molecule has 0 saturated carbocycles. The number of carbonyl (C=O) groups excluding carboxylic acids is 1. The third-order valence-electron chi connectivity index (χ3n) is 5.55.